The maximum absolute atomic E-state index is 11.4. The van der Waals surface area contributed by atoms with Gasteiger partial charge >= 0.3 is 0 Å². The maximum Gasteiger partial charge on any atom is 0.256 e. The number of rotatable bonds is 5. The number of hydrogen-bond donors (Lipinski definition) is 0. The average Bonchev–Trinajstić information content (AvgIpc) is 2.45. The predicted molar refractivity (Wildman–Crippen MR) is 84.0 cm³/mol. The Morgan fingerprint density at radius 1 is 1.19 bits per heavy atom. The van der Waals surface area contributed by atoms with Gasteiger partial charge in [-0.3, -0.25) is 4.79 Å². The molecule has 0 spiro atoms. The Bertz CT molecular complexity index is 671. The lowest BCUT2D eigenvalue weighted by Crippen LogP contribution is -2.03. The molecule has 0 heterocycles. The second-order valence-electron chi connectivity index (χ2n) is 4.14. The summed E-state index contributed by atoms with van der Waals surface area (Å²) >= 11 is 17.5. The van der Waals surface area contributed by atoms with Crippen molar-refractivity contribution in [3.05, 3.63) is 57.6 Å². The summed E-state index contributed by atoms with van der Waals surface area (Å²) in [5.74, 6) is 0.706. The van der Waals surface area contributed by atoms with Gasteiger partial charge in [-0.2, -0.15) is 0 Å². The van der Waals surface area contributed by atoms with E-state index in [-0.39, 0.29) is 17.9 Å². The number of halogens is 3. The Morgan fingerprint density at radius 3 is 2.57 bits per heavy atom. The molecule has 21 heavy (non-hydrogen) atoms. The summed E-state index contributed by atoms with van der Waals surface area (Å²) in [5, 5.41) is 0.403. The molecule has 6 heteroatoms. The molecule has 0 saturated carbocycles. The number of ether oxygens (including phenoxy) is 2. The van der Waals surface area contributed by atoms with Gasteiger partial charge in [0.05, 0.1) is 12.7 Å². The largest absolute Gasteiger partial charge is 0.493 e. The summed E-state index contributed by atoms with van der Waals surface area (Å²) in [6, 6.07) is 10.00. The monoisotopic (exact) mass is 344 g/mol. The van der Waals surface area contributed by atoms with Crippen molar-refractivity contribution >= 4 is 40.0 Å². The molecule has 0 bridgehead atoms. The number of hydrogen-bond acceptors (Lipinski definition) is 3. The van der Waals surface area contributed by atoms with E-state index in [9.17, 15) is 4.79 Å². The number of carbonyl (C=O) groups is 1. The summed E-state index contributed by atoms with van der Waals surface area (Å²) < 4.78 is 10.9. The molecule has 0 aromatic heterocycles. The molecule has 2 aromatic rings. The molecule has 110 valence electrons. The van der Waals surface area contributed by atoms with Crippen LogP contribution in [0.15, 0.2) is 36.4 Å². The van der Waals surface area contributed by atoms with E-state index in [2.05, 4.69) is 0 Å². The second kappa shape index (κ2) is 7.03. The summed E-state index contributed by atoms with van der Waals surface area (Å²) in [7, 11) is 1.49. The first kappa shape index (κ1) is 16.0. The molecule has 0 amide bonds. The van der Waals surface area contributed by atoms with Crippen LogP contribution in [-0.4, -0.2) is 12.4 Å². The van der Waals surface area contributed by atoms with Gasteiger partial charge in [0, 0.05) is 15.6 Å². The minimum atomic E-state index is -0.619. The van der Waals surface area contributed by atoms with Crippen LogP contribution >= 0.6 is 34.8 Å². The Balaban J connectivity index is 2.28. The molecular weight excluding hydrogens is 335 g/mol. The van der Waals surface area contributed by atoms with Crippen molar-refractivity contribution in [2.75, 3.05) is 7.11 Å². The zero-order valence-electron chi connectivity index (χ0n) is 11.0. The van der Waals surface area contributed by atoms with E-state index < -0.39 is 5.24 Å². The predicted octanol–water partition coefficient (Wildman–Crippen LogP) is 4.96. The van der Waals surface area contributed by atoms with Crippen molar-refractivity contribution in [1.29, 1.82) is 0 Å². The van der Waals surface area contributed by atoms with Crippen LogP contribution in [-0.2, 0) is 6.61 Å². The molecule has 0 radical (unpaired) electrons. The van der Waals surface area contributed by atoms with Gasteiger partial charge in [-0.1, -0.05) is 35.3 Å². The standard InChI is InChI=1S/C15H11Cl3O3/c1-20-13-4-2-3-11(15(18)19)14(13)21-8-9-5-6-10(16)7-12(9)17/h2-7H,8H2,1H3. The molecular formula is C15H11Cl3O3. The maximum atomic E-state index is 11.4. The van der Waals surface area contributed by atoms with Crippen LogP contribution in [0.25, 0.3) is 0 Å². The highest BCUT2D eigenvalue weighted by molar-refractivity contribution is 6.68. The average molecular weight is 346 g/mol. The molecule has 2 rings (SSSR count). The smallest absolute Gasteiger partial charge is 0.256 e. The molecule has 0 atom stereocenters. The lowest BCUT2D eigenvalue weighted by molar-refractivity contribution is 0.107. The van der Waals surface area contributed by atoms with Crippen LogP contribution < -0.4 is 9.47 Å². The fourth-order valence-corrected chi connectivity index (χ4v) is 2.38. The molecule has 0 aliphatic carbocycles. The highest BCUT2D eigenvalue weighted by Gasteiger charge is 2.16. The lowest BCUT2D eigenvalue weighted by Gasteiger charge is -2.14. The third-order valence-electron chi connectivity index (χ3n) is 2.80. The van der Waals surface area contributed by atoms with E-state index in [0.717, 1.165) is 5.56 Å². The summed E-state index contributed by atoms with van der Waals surface area (Å²) in [5.41, 5.74) is 0.973. The van der Waals surface area contributed by atoms with Crippen molar-refractivity contribution in [1.82, 2.24) is 0 Å². The second-order valence-corrected chi connectivity index (χ2v) is 5.32. The van der Waals surface area contributed by atoms with Gasteiger partial charge in [-0.15, -0.1) is 0 Å². The first-order valence-corrected chi connectivity index (χ1v) is 7.10. The van der Waals surface area contributed by atoms with E-state index in [1.54, 1.807) is 36.4 Å². The highest BCUT2D eigenvalue weighted by atomic mass is 35.5. The Kier molecular flexibility index (Phi) is 5.34. The number of para-hydroxylation sites is 1. The number of benzene rings is 2. The van der Waals surface area contributed by atoms with E-state index in [4.69, 9.17) is 44.3 Å². The van der Waals surface area contributed by atoms with Gasteiger partial charge in [0.15, 0.2) is 11.5 Å². The van der Waals surface area contributed by atoms with Gasteiger partial charge in [0.25, 0.3) is 5.24 Å². The minimum Gasteiger partial charge on any atom is -0.493 e. The van der Waals surface area contributed by atoms with Crippen molar-refractivity contribution in [3.8, 4) is 11.5 Å². The number of methoxy groups -OCH3 is 1. The Hall–Kier alpha value is -1.42. The molecule has 0 N–H and O–H groups in total. The van der Waals surface area contributed by atoms with Crippen molar-refractivity contribution in [2.45, 2.75) is 6.61 Å². The van der Waals surface area contributed by atoms with Gasteiger partial charge < -0.3 is 9.47 Å². The third kappa shape index (κ3) is 3.82. The topological polar surface area (TPSA) is 35.5 Å². The van der Waals surface area contributed by atoms with Crippen LogP contribution in [0.5, 0.6) is 11.5 Å². The van der Waals surface area contributed by atoms with Gasteiger partial charge in [0.2, 0.25) is 0 Å². The SMILES string of the molecule is COc1cccc(C(=O)Cl)c1OCc1ccc(Cl)cc1Cl. The van der Waals surface area contributed by atoms with E-state index in [1.807, 2.05) is 0 Å². The van der Waals surface area contributed by atoms with E-state index in [1.165, 1.54) is 7.11 Å². The Morgan fingerprint density at radius 2 is 1.95 bits per heavy atom. The Labute approximate surface area is 137 Å². The zero-order valence-corrected chi connectivity index (χ0v) is 13.3. The van der Waals surface area contributed by atoms with Crippen molar-refractivity contribution in [2.24, 2.45) is 0 Å². The zero-order chi connectivity index (χ0) is 15.4. The highest BCUT2D eigenvalue weighted by Crippen LogP contribution is 2.33. The summed E-state index contributed by atoms with van der Waals surface area (Å²) in [6.45, 7) is 0.160. The fraction of sp³-hybridized carbons (Fsp3) is 0.133. The molecule has 3 nitrogen and oxygen atoms in total. The molecule has 0 aliphatic heterocycles. The van der Waals surface area contributed by atoms with Gasteiger partial charge in [-0.05, 0) is 35.9 Å². The quantitative estimate of drug-likeness (QED) is 0.718. The normalized spacial score (nSPS) is 10.3. The van der Waals surface area contributed by atoms with Gasteiger partial charge in [0.1, 0.15) is 6.61 Å². The van der Waals surface area contributed by atoms with Crippen LogP contribution in [0.3, 0.4) is 0 Å². The van der Waals surface area contributed by atoms with E-state index in [0.29, 0.717) is 15.8 Å². The van der Waals surface area contributed by atoms with Crippen LogP contribution in [0.2, 0.25) is 10.0 Å². The van der Waals surface area contributed by atoms with Crippen LogP contribution in [0.4, 0.5) is 0 Å². The van der Waals surface area contributed by atoms with Gasteiger partial charge in [-0.25, -0.2) is 0 Å². The first-order valence-electron chi connectivity index (χ1n) is 5.96. The third-order valence-corrected chi connectivity index (χ3v) is 3.59. The summed E-state index contributed by atoms with van der Waals surface area (Å²) in [4.78, 5) is 11.4. The molecule has 2 aromatic carbocycles. The van der Waals surface area contributed by atoms with Crippen molar-refractivity contribution < 1.29 is 14.3 Å². The van der Waals surface area contributed by atoms with Crippen LogP contribution in [0.1, 0.15) is 15.9 Å². The molecule has 0 aliphatic rings. The molecule has 0 saturated heterocycles. The fourth-order valence-electron chi connectivity index (χ4n) is 1.77. The lowest BCUT2D eigenvalue weighted by atomic mass is 10.2. The van der Waals surface area contributed by atoms with E-state index >= 15 is 0 Å². The van der Waals surface area contributed by atoms with Crippen LogP contribution in [0, 0.1) is 0 Å². The van der Waals surface area contributed by atoms with Crippen molar-refractivity contribution in [3.63, 3.8) is 0 Å². The summed E-state index contributed by atoms with van der Waals surface area (Å²) in [6.07, 6.45) is 0. The molecule has 0 fully saturated rings. The first-order chi connectivity index (χ1) is 10.0. The minimum absolute atomic E-state index is 0.160. The molecule has 0 unspecified atom stereocenters. The number of carbonyl (C=O) groups excluding carboxylic acids is 1.